The van der Waals surface area contributed by atoms with Crippen LogP contribution in [0.4, 0.5) is 10.1 Å². The molecule has 19 heavy (non-hydrogen) atoms. The Morgan fingerprint density at radius 2 is 2.05 bits per heavy atom. The fourth-order valence-corrected chi connectivity index (χ4v) is 2.63. The maximum Gasteiger partial charge on any atom is 0.238 e. The van der Waals surface area contributed by atoms with Gasteiger partial charge in [0.15, 0.2) is 0 Å². The lowest BCUT2D eigenvalue weighted by Gasteiger charge is -2.20. The molecule has 1 amide bonds. The van der Waals surface area contributed by atoms with E-state index in [0.717, 1.165) is 0 Å². The molecule has 104 valence electrons. The molecule has 1 aromatic rings. The first-order valence-corrected chi connectivity index (χ1v) is 6.94. The first kappa shape index (κ1) is 14.0. The van der Waals surface area contributed by atoms with Crippen LogP contribution >= 0.6 is 0 Å². The minimum absolute atomic E-state index is 0.199. The molecule has 0 aromatic heterocycles. The van der Waals surface area contributed by atoms with Crippen LogP contribution in [0.3, 0.4) is 0 Å². The zero-order chi connectivity index (χ0) is 13.7. The fraction of sp³-hybridized carbons (Fsp3) is 0.533. The maximum atomic E-state index is 13.4. The van der Waals surface area contributed by atoms with Crippen molar-refractivity contribution in [3.63, 3.8) is 0 Å². The van der Waals surface area contributed by atoms with Gasteiger partial charge in [-0.05, 0) is 37.8 Å². The Morgan fingerprint density at radius 1 is 1.37 bits per heavy atom. The molecule has 1 aromatic carbocycles. The zero-order valence-corrected chi connectivity index (χ0v) is 11.3. The molecule has 0 unspecified atom stereocenters. The minimum atomic E-state index is -0.403. The summed E-state index contributed by atoms with van der Waals surface area (Å²) in [7, 11) is 0. The van der Waals surface area contributed by atoms with Crippen molar-refractivity contribution in [1.82, 2.24) is 5.32 Å². The number of para-hydroxylation sites is 1. The van der Waals surface area contributed by atoms with Crippen molar-refractivity contribution in [2.45, 2.75) is 38.6 Å². The van der Waals surface area contributed by atoms with Gasteiger partial charge in [-0.2, -0.15) is 0 Å². The van der Waals surface area contributed by atoms with E-state index in [1.54, 1.807) is 18.2 Å². The van der Waals surface area contributed by atoms with E-state index in [9.17, 15) is 9.18 Å². The molecule has 1 atom stereocenters. The highest BCUT2D eigenvalue weighted by Crippen LogP contribution is 2.27. The number of carbonyl (C=O) groups is 1. The van der Waals surface area contributed by atoms with E-state index in [0.29, 0.717) is 12.0 Å². The molecule has 2 N–H and O–H groups in total. The van der Waals surface area contributed by atoms with Gasteiger partial charge in [0.1, 0.15) is 5.82 Å². The maximum absolute atomic E-state index is 13.4. The normalized spacial score (nSPS) is 17.4. The molecule has 0 radical (unpaired) electrons. The molecule has 3 nitrogen and oxygen atoms in total. The van der Waals surface area contributed by atoms with Crippen molar-refractivity contribution >= 4 is 11.6 Å². The third-order valence-corrected chi connectivity index (χ3v) is 3.84. The number of amides is 1. The van der Waals surface area contributed by atoms with Gasteiger partial charge in [0, 0.05) is 6.04 Å². The lowest BCUT2D eigenvalue weighted by atomic mass is 10.00. The van der Waals surface area contributed by atoms with Gasteiger partial charge in [-0.25, -0.2) is 4.39 Å². The SMILES string of the molecule is C[C@H](NCC(=O)Nc1ccccc1F)C1CCCC1. The van der Waals surface area contributed by atoms with Gasteiger partial charge in [-0.15, -0.1) is 0 Å². The monoisotopic (exact) mass is 264 g/mol. The van der Waals surface area contributed by atoms with E-state index in [2.05, 4.69) is 17.6 Å². The highest BCUT2D eigenvalue weighted by molar-refractivity contribution is 5.92. The summed E-state index contributed by atoms with van der Waals surface area (Å²) in [5, 5.41) is 5.81. The third kappa shape index (κ3) is 4.03. The number of hydrogen-bond donors (Lipinski definition) is 2. The van der Waals surface area contributed by atoms with Crippen molar-refractivity contribution in [2.24, 2.45) is 5.92 Å². The fourth-order valence-electron chi connectivity index (χ4n) is 2.63. The molecule has 0 aliphatic heterocycles. The van der Waals surface area contributed by atoms with Crippen LogP contribution in [-0.4, -0.2) is 18.5 Å². The van der Waals surface area contributed by atoms with E-state index < -0.39 is 5.82 Å². The molecule has 1 aliphatic rings. The summed E-state index contributed by atoms with van der Waals surface area (Å²) in [6.45, 7) is 2.35. The van der Waals surface area contributed by atoms with Crippen LogP contribution in [0.5, 0.6) is 0 Å². The highest BCUT2D eigenvalue weighted by atomic mass is 19.1. The van der Waals surface area contributed by atoms with Crippen molar-refractivity contribution in [3.8, 4) is 0 Å². The molecular formula is C15H21FN2O. The number of nitrogens with one attached hydrogen (secondary N) is 2. The zero-order valence-electron chi connectivity index (χ0n) is 11.3. The van der Waals surface area contributed by atoms with Crippen LogP contribution in [-0.2, 0) is 4.79 Å². The van der Waals surface area contributed by atoms with Crippen LogP contribution < -0.4 is 10.6 Å². The number of halogens is 1. The highest BCUT2D eigenvalue weighted by Gasteiger charge is 2.21. The summed E-state index contributed by atoms with van der Waals surface area (Å²) in [6, 6.07) is 6.55. The summed E-state index contributed by atoms with van der Waals surface area (Å²) < 4.78 is 13.4. The standard InChI is InChI=1S/C15H21FN2O/c1-11(12-6-2-3-7-12)17-10-15(19)18-14-9-5-4-8-13(14)16/h4-5,8-9,11-12,17H,2-3,6-7,10H2,1H3,(H,18,19)/t11-/m0/s1. The van der Waals surface area contributed by atoms with Crippen molar-refractivity contribution in [1.29, 1.82) is 0 Å². The van der Waals surface area contributed by atoms with Gasteiger partial charge >= 0.3 is 0 Å². The first-order valence-electron chi connectivity index (χ1n) is 6.94. The Morgan fingerprint density at radius 3 is 2.74 bits per heavy atom. The Balaban J connectivity index is 1.77. The van der Waals surface area contributed by atoms with Gasteiger partial charge in [0.2, 0.25) is 5.91 Å². The Bertz CT molecular complexity index is 430. The molecule has 2 rings (SSSR count). The average Bonchev–Trinajstić information content (AvgIpc) is 2.93. The second-order valence-electron chi connectivity index (χ2n) is 5.24. The Labute approximate surface area is 113 Å². The van der Waals surface area contributed by atoms with E-state index in [1.807, 2.05) is 0 Å². The summed E-state index contributed by atoms with van der Waals surface area (Å²) in [5.74, 6) is 0.0656. The molecule has 1 saturated carbocycles. The van der Waals surface area contributed by atoms with Crippen LogP contribution in [0.15, 0.2) is 24.3 Å². The number of rotatable bonds is 5. The van der Waals surface area contributed by atoms with Crippen LogP contribution in [0.1, 0.15) is 32.6 Å². The third-order valence-electron chi connectivity index (χ3n) is 3.84. The first-order chi connectivity index (χ1) is 9.16. The predicted molar refractivity (Wildman–Crippen MR) is 74.5 cm³/mol. The number of carbonyl (C=O) groups excluding carboxylic acids is 1. The lowest BCUT2D eigenvalue weighted by molar-refractivity contribution is -0.115. The largest absolute Gasteiger partial charge is 0.322 e. The van der Waals surface area contributed by atoms with Gasteiger partial charge < -0.3 is 10.6 Å². The molecule has 1 fully saturated rings. The van der Waals surface area contributed by atoms with Crippen molar-refractivity contribution < 1.29 is 9.18 Å². The molecular weight excluding hydrogens is 243 g/mol. The molecule has 4 heteroatoms. The number of anilines is 1. The average molecular weight is 264 g/mol. The van der Waals surface area contributed by atoms with Crippen molar-refractivity contribution in [3.05, 3.63) is 30.1 Å². The number of hydrogen-bond acceptors (Lipinski definition) is 2. The Kier molecular flexibility index (Phi) is 4.91. The summed E-state index contributed by atoms with van der Waals surface area (Å²) in [4.78, 5) is 11.7. The van der Waals surface area contributed by atoms with Gasteiger partial charge in [-0.3, -0.25) is 4.79 Å². The summed E-state index contributed by atoms with van der Waals surface area (Å²) in [5.41, 5.74) is 0.239. The van der Waals surface area contributed by atoms with E-state index in [1.165, 1.54) is 31.7 Å². The minimum Gasteiger partial charge on any atom is -0.322 e. The van der Waals surface area contributed by atoms with Crippen LogP contribution in [0.25, 0.3) is 0 Å². The Hall–Kier alpha value is -1.42. The van der Waals surface area contributed by atoms with E-state index in [-0.39, 0.29) is 18.1 Å². The smallest absolute Gasteiger partial charge is 0.238 e. The van der Waals surface area contributed by atoms with Crippen molar-refractivity contribution in [2.75, 3.05) is 11.9 Å². The van der Waals surface area contributed by atoms with E-state index in [4.69, 9.17) is 0 Å². The second kappa shape index (κ2) is 6.66. The van der Waals surface area contributed by atoms with Gasteiger partial charge in [0.25, 0.3) is 0 Å². The summed E-state index contributed by atoms with van der Waals surface area (Å²) in [6.07, 6.45) is 5.06. The lowest BCUT2D eigenvalue weighted by Crippen LogP contribution is -2.38. The van der Waals surface area contributed by atoms with Crippen LogP contribution in [0.2, 0.25) is 0 Å². The second-order valence-corrected chi connectivity index (χ2v) is 5.24. The van der Waals surface area contributed by atoms with Crippen LogP contribution in [0, 0.1) is 11.7 Å². The molecule has 0 bridgehead atoms. The van der Waals surface area contributed by atoms with Gasteiger partial charge in [0.05, 0.1) is 12.2 Å². The topological polar surface area (TPSA) is 41.1 Å². The quantitative estimate of drug-likeness (QED) is 0.858. The van der Waals surface area contributed by atoms with Gasteiger partial charge in [-0.1, -0.05) is 25.0 Å². The summed E-state index contributed by atoms with van der Waals surface area (Å²) >= 11 is 0. The molecule has 1 aliphatic carbocycles. The predicted octanol–water partition coefficient (Wildman–Crippen LogP) is 2.93. The number of benzene rings is 1. The molecule has 0 heterocycles. The van der Waals surface area contributed by atoms with E-state index >= 15 is 0 Å². The molecule has 0 spiro atoms. The molecule has 0 saturated heterocycles.